The maximum Gasteiger partial charge on any atom is 0.170 e. The summed E-state index contributed by atoms with van der Waals surface area (Å²) < 4.78 is 6.89. The zero-order chi connectivity index (χ0) is 15.9. The van der Waals surface area contributed by atoms with E-state index in [2.05, 4.69) is 20.4 Å². The lowest BCUT2D eigenvalue weighted by atomic mass is 10.1. The Balaban J connectivity index is 2.25. The van der Waals surface area contributed by atoms with E-state index in [0.717, 1.165) is 29.2 Å². The molecule has 7 nitrogen and oxygen atoms in total. The molecule has 1 aromatic carbocycles. The largest absolute Gasteiger partial charge is 0.395 e. The Labute approximate surface area is 130 Å². The van der Waals surface area contributed by atoms with Gasteiger partial charge < -0.3 is 9.84 Å². The summed E-state index contributed by atoms with van der Waals surface area (Å²) in [4.78, 5) is 2.07. The molecular weight excluding hydrogens is 282 g/mol. The topological polar surface area (TPSA) is 76.3 Å². The number of nitrogens with zero attached hydrogens (tertiary/aromatic N) is 5. The molecule has 0 bridgehead atoms. The third kappa shape index (κ3) is 3.88. The Bertz CT molecular complexity index is 579. The minimum absolute atomic E-state index is 0.0919. The van der Waals surface area contributed by atoms with Crippen molar-refractivity contribution in [3.05, 3.63) is 35.2 Å². The Morgan fingerprint density at radius 2 is 1.95 bits per heavy atom. The first-order chi connectivity index (χ1) is 10.7. The monoisotopic (exact) mass is 305 g/mol. The number of hydrogen-bond donors (Lipinski definition) is 1. The Kier molecular flexibility index (Phi) is 6.00. The zero-order valence-electron chi connectivity index (χ0n) is 13.4. The van der Waals surface area contributed by atoms with Crippen LogP contribution < -0.4 is 0 Å². The van der Waals surface area contributed by atoms with Gasteiger partial charge in [0.05, 0.1) is 25.4 Å². The maximum absolute atomic E-state index is 9.20. The van der Waals surface area contributed by atoms with E-state index in [-0.39, 0.29) is 6.61 Å². The van der Waals surface area contributed by atoms with Gasteiger partial charge in [-0.25, -0.2) is 0 Å². The predicted molar refractivity (Wildman–Crippen MR) is 82.9 cm³/mol. The molecule has 22 heavy (non-hydrogen) atoms. The fourth-order valence-electron chi connectivity index (χ4n) is 2.45. The number of aliphatic hydroxyl groups excluding tert-OH is 1. The molecule has 0 atom stereocenters. The third-order valence-corrected chi connectivity index (χ3v) is 3.58. The maximum atomic E-state index is 9.20. The smallest absolute Gasteiger partial charge is 0.170 e. The molecule has 120 valence electrons. The number of tetrazole rings is 1. The van der Waals surface area contributed by atoms with Crippen LogP contribution in [0.25, 0.3) is 5.69 Å². The van der Waals surface area contributed by atoms with Crippen LogP contribution in [0.1, 0.15) is 17.0 Å². The first-order valence-corrected chi connectivity index (χ1v) is 7.33. The van der Waals surface area contributed by atoms with Gasteiger partial charge >= 0.3 is 0 Å². The molecule has 0 amide bonds. The average molecular weight is 305 g/mol. The van der Waals surface area contributed by atoms with Crippen molar-refractivity contribution in [2.75, 3.05) is 33.4 Å². The van der Waals surface area contributed by atoms with Crippen molar-refractivity contribution in [1.29, 1.82) is 0 Å². The normalized spacial score (nSPS) is 11.3. The minimum Gasteiger partial charge on any atom is -0.395 e. The zero-order valence-corrected chi connectivity index (χ0v) is 13.4. The van der Waals surface area contributed by atoms with Crippen LogP contribution in [0.2, 0.25) is 0 Å². The lowest BCUT2D eigenvalue weighted by molar-refractivity contribution is 0.124. The van der Waals surface area contributed by atoms with Crippen molar-refractivity contribution in [2.45, 2.75) is 20.4 Å². The second-order valence-electron chi connectivity index (χ2n) is 5.24. The number of para-hydroxylation sites is 1. The molecule has 0 unspecified atom stereocenters. The molecular formula is C15H23N5O2. The van der Waals surface area contributed by atoms with Gasteiger partial charge in [0, 0.05) is 20.2 Å². The summed E-state index contributed by atoms with van der Waals surface area (Å²) >= 11 is 0. The summed E-state index contributed by atoms with van der Waals surface area (Å²) in [6.45, 7) is 6.62. The van der Waals surface area contributed by atoms with Crippen LogP contribution in [0, 0.1) is 13.8 Å². The summed E-state index contributed by atoms with van der Waals surface area (Å²) in [6, 6.07) is 6.11. The Hall–Kier alpha value is -1.83. The molecule has 0 aliphatic carbocycles. The Morgan fingerprint density at radius 1 is 1.23 bits per heavy atom. The minimum atomic E-state index is 0.0919. The number of benzene rings is 1. The molecule has 0 saturated carbocycles. The fraction of sp³-hybridized carbons (Fsp3) is 0.533. The van der Waals surface area contributed by atoms with Crippen molar-refractivity contribution >= 4 is 0 Å². The molecule has 2 aromatic rings. The number of aliphatic hydroxyl groups is 1. The molecule has 1 N–H and O–H groups in total. The van der Waals surface area contributed by atoms with Gasteiger partial charge in [-0.3, -0.25) is 4.90 Å². The van der Waals surface area contributed by atoms with E-state index in [0.29, 0.717) is 19.7 Å². The van der Waals surface area contributed by atoms with Gasteiger partial charge in [-0.05, 0) is 35.4 Å². The first-order valence-electron chi connectivity index (χ1n) is 7.33. The molecule has 7 heteroatoms. The molecule has 0 aliphatic rings. The van der Waals surface area contributed by atoms with Gasteiger partial charge in [0.25, 0.3) is 0 Å². The summed E-state index contributed by atoms with van der Waals surface area (Å²) in [5, 5.41) is 21.3. The molecule has 0 spiro atoms. The number of aryl methyl sites for hydroxylation is 2. The van der Waals surface area contributed by atoms with Crippen LogP contribution in [-0.4, -0.2) is 63.6 Å². The van der Waals surface area contributed by atoms with Crippen molar-refractivity contribution < 1.29 is 9.84 Å². The molecule has 1 aromatic heterocycles. The highest BCUT2D eigenvalue weighted by atomic mass is 16.5. The van der Waals surface area contributed by atoms with Gasteiger partial charge in [-0.1, -0.05) is 18.2 Å². The molecule has 1 heterocycles. The molecule has 0 saturated heterocycles. The van der Waals surface area contributed by atoms with Crippen molar-refractivity contribution in [3.8, 4) is 5.69 Å². The van der Waals surface area contributed by atoms with E-state index in [4.69, 9.17) is 4.74 Å². The Morgan fingerprint density at radius 3 is 2.59 bits per heavy atom. The second-order valence-corrected chi connectivity index (χ2v) is 5.24. The van der Waals surface area contributed by atoms with Crippen LogP contribution in [0.15, 0.2) is 18.2 Å². The highest BCUT2D eigenvalue weighted by Gasteiger charge is 2.15. The molecule has 0 aliphatic heterocycles. The van der Waals surface area contributed by atoms with Crippen LogP contribution in [0.4, 0.5) is 0 Å². The van der Waals surface area contributed by atoms with Crippen LogP contribution in [0.3, 0.4) is 0 Å². The van der Waals surface area contributed by atoms with Gasteiger partial charge in [0.2, 0.25) is 0 Å². The van der Waals surface area contributed by atoms with Crippen molar-refractivity contribution in [1.82, 2.24) is 25.1 Å². The van der Waals surface area contributed by atoms with Crippen LogP contribution in [-0.2, 0) is 11.3 Å². The van der Waals surface area contributed by atoms with E-state index in [1.165, 1.54) is 0 Å². The van der Waals surface area contributed by atoms with Gasteiger partial charge in [0.1, 0.15) is 0 Å². The van der Waals surface area contributed by atoms with Gasteiger partial charge in [0.15, 0.2) is 5.82 Å². The third-order valence-electron chi connectivity index (χ3n) is 3.58. The number of ether oxygens (including phenoxy) is 1. The molecule has 0 radical (unpaired) electrons. The van der Waals surface area contributed by atoms with Crippen molar-refractivity contribution in [2.24, 2.45) is 0 Å². The number of rotatable bonds is 8. The molecule has 0 fully saturated rings. The van der Waals surface area contributed by atoms with Gasteiger partial charge in [-0.2, -0.15) is 4.68 Å². The SMILES string of the molecule is COCCN(CCO)Cc1nnnn1-c1c(C)cccc1C. The standard InChI is InChI=1S/C15H23N5O2/c1-12-5-4-6-13(2)15(12)20-14(16-17-18-20)11-19(7-9-21)8-10-22-3/h4-6,21H,7-11H2,1-3H3. The van der Waals surface area contributed by atoms with E-state index in [1.807, 2.05) is 32.0 Å². The van der Waals surface area contributed by atoms with E-state index in [9.17, 15) is 5.11 Å². The summed E-state index contributed by atoms with van der Waals surface area (Å²) in [5.41, 5.74) is 3.26. The lowest BCUT2D eigenvalue weighted by Gasteiger charge is -2.20. The van der Waals surface area contributed by atoms with Crippen LogP contribution >= 0.6 is 0 Å². The van der Waals surface area contributed by atoms with E-state index >= 15 is 0 Å². The number of methoxy groups -OCH3 is 1. The second kappa shape index (κ2) is 7.98. The highest BCUT2D eigenvalue weighted by molar-refractivity contribution is 5.46. The predicted octanol–water partition coefficient (Wildman–Crippen LogP) is 0.720. The summed E-state index contributed by atoms with van der Waals surface area (Å²) in [6.07, 6.45) is 0. The molecule has 2 rings (SSSR count). The van der Waals surface area contributed by atoms with Crippen LogP contribution in [0.5, 0.6) is 0 Å². The first kappa shape index (κ1) is 16.5. The van der Waals surface area contributed by atoms with Gasteiger partial charge in [-0.15, -0.1) is 5.10 Å². The summed E-state index contributed by atoms with van der Waals surface area (Å²) in [5.74, 6) is 0.752. The average Bonchev–Trinajstić information content (AvgIpc) is 2.93. The lowest BCUT2D eigenvalue weighted by Crippen LogP contribution is -2.31. The quantitative estimate of drug-likeness (QED) is 0.774. The highest BCUT2D eigenvalue weighted by Crippen LogP contribution is 2.19. The number of aromatic nitrogens is 4. The van der Waals surface area contributed by atoms with Crippen molar-refractivity contribution in [3.63, 3.8) is 0 Å². The fourth-order valence-corrected chi connectivity index (χ4v) is 2.45. The number of hydrogen-bond acceptors (Lipinski definition) is 6. The van der Waals surface area contributed by atoms with E-state index in [1.54, 1.807) is 11.8 Å². The van der Waals surface area contributed by atoms with E-state index < -0.39 is 0 Å². The summed E-state index contributed by atoms with van der Waals surface area (Å²) in [7, 11) is 1.66.